The number of nitrogens with one attached hydrogen (secondary N) is 2. The summed E-state index contributed by atoms with van der Waals surface area (Å²) in [5.74, 6) is -0.635. The van der Waals surface area contributed by atoms with Crippen molar-refractivity contribution in [2.75, 3.05) is 14.1 Å². The standard InChI is InChI=1S/C27H24Br2N2O2/c1-30-25(32)27(26(33)31-2,15-19-13-11-17-7-3-5-9-21(17)23(19)28)16-20-14-12-18-8-4-6-10-22(18)24(20)29/h3-14H,15-16H2,1-2H3,(H,30,32)(H,31,33). The van der Waals surface area contributed by atoms with Gasteiger partial charge in [0.2, 0.25) is 11.8 Å². The predicted molar refractivity (Wildman–Crippen MR) is 141 cm³/mol. The molecule has 0 aliphatic heterocycles. The van der Waals surface area contributed by atoms with Gasteiger partial charge in [0.1, 0.15) is 5.41 Å². The van der Waals surface area contributed by atoms with E-state index in [1.807, 2.05) is 72.8 Å². The monoisotopic (exact) mass is 566 g/mol. The summed E-state index contributed by atoms with van der Waals surface area (Å²) in [5.41, 5.74) is 0.468. The fourth-order valence-electron chi connectivity index (χ4n) is 4.45. The van der Waals surface area contributed by atoms with E-state index in [2.05, 4.69) is 42.5 Å². The van der Waals surface area contributed by atoms with E-state index in [0.29, 0.717) is 0 Å². The Labute approximate surface area is 210 Å². The Bertz CT molecular complexity index is 1260. The van der Waals surface area contributed by atoms with Crippen LogP contribution in [0.3, 0.4) is 0 Å². The summed E-state index contributed by atoms with van der Waals surface area (Å²) in [5, 5.41) is 9.77. The first-order valence-electron chi connectivity index (χ1n) is 10.7. The van der Waals surface area contributed by atoms with E-state index >= 15 is 0 Å². The third-order valence-corrected chi connectivity index (χ3v) is 8.07. The molecule has 0 aromatic heterocycles. The van der Waals surface area contributed by atoms with E-state index < -0.39 is 5.41 Å². The molecule has 168 valence electrons. The average molecular weight is 568 g/mol. The summed E-state index contributed by atoms with van der Waals surface area (Å²) in [6.45, 7) is 0. The highest BCUT2D eigenvalue weighted by Gasteiger charge is 2.46. The van der Waals surface area contributed by atoms with Gasteiger partial charge < -0.3 is 10.6 Å². The first-order valence-corrected chi connectivity index (χ1v) is 12.3. The molecule has 0 heterocycles. The summed E-state index contributed by atoms with van der Waals surface area (Å²) < 4.78 is 1.80. The van der Waals surface area contributed by atoms with Gasteiger partial charge in [-0.1, -0.05) is 72.8 Å². The quantitative estimate of drug-likeness (QED) is 0.290. The fraction of sp³-hybridized carbons (Fsp3) is 0.185. The maximum absolute atomic E-state index is 13.4. The van der Waals surface area contributed by atoms with Crippen LogP contribution in [0.2, 0.25) is 0 Å². The molecule has 0 spiro atoms. The molecule has 33 heavy (non-hydrogen) atoms. The summed E-state index contributed by atoms with van der Waals surface area (Å²) in [6.07, 6.45) is 0.494. The molecule has 4 aromatic carbocycles. The van der Waals surface area contributed by atoms with Crippen molar-refractivity contribution >= 4 is 65.2 Å². The van der Waals surface area contributed by atoms with Crippen LogP contribution in [0.15, 0.2) is 81.7 Å². The first-order chi connectivity index (χ1) is 15.9. The topological polar surface area (TPSA) is 58.2 Å². The highest BCUT2D eigenvalue weighted by molar-refractivity contribution is 9.11. The number of hydrogen-bond acceptors (Lipinski definition) is 2. The van der Waals surface area contributed by atoms with Crippen molar-refractivity contribution in [3.8, 4) is 0 Å². The molecule has 2 amide bonds. The molecule has 4 aromatic rings. The molecule has 6 heteroatoms. The number of rotatable bonds is 6. The van der Waals surface area contributed by atoms with Crippen molar-refractivity contribution in [1.82, 2.24) is 10.6 Å². The van der Waals surface area contributed by atoms with Gasteiger partial charge in [-0.05, 0) is 77.4 Å². The number of carbonyl (C=O) groups is 2. The van der Waals surface area contributed by atoms with Crippen molar-refractivity contribution in [3.05, 3.63) is 92.9 Å². The van der Waals surface area contributed by atoms with Crippen molar-refractivity contribution in [3.63, 3.8) is 0 Å². The van der Waals surface area contributed by atoms with Crippen molar-refractivity contribution < 1.29 is 9.59 Å². The summed E-state index contributed by atoms with van der Waals surface area (Å²) in [6, 6.07) is 24.1. The van der Waals surface area contributed by atoms with Gasteiger partial charge in [-0.15, -0.1) is 0 Å². The molecule has 0 aliphatic carbocycles. The van der Waals surface area contributed by atoms with Gasteiger partial charge in [-0.3, -0.25) is 9.59 Å². The van der Waals surface area contributed by atoms with Crippen LogP contribution in [-0.2, 0) is 22.4 Å². The van der Waals surface area contributed by atoms with Crippen LogP contribution in [0.25, 0.3) is 21.5 Å². The second-order valence-corrected chi connectivity index (χ2v) is 9.70. The van der Waals surface area contributed by atoms with Gasteiger partial charge in [0.15, 0.2) is 0 Å². The maximum atomic E-state index is 13.4. The largest absolute Gasteiger partial charge is 0.358 e. The number of benzene rings is 4. The minimum atomic E-state index is -1.33. The lowest BCUT2D eigenvalue weighted by Crippen LogP contribution is -2.52. The Morgan fingerprint density at radius 2 is 1.06 bits per heavy atom. The summed E-state index contributed by atoms with van der Waals surface area (Å²) >= 11 is 7.47. The lowest BCUT2D eigenvalue weighted by molar-refractivity contribution is -0.143. The van der Waals surface area contributed by atoms with E-state index in [1.54, 1.807) is 14.1 Å². The minimum Gasteiger partial charge on any atom is -0.358 e. The number of halogens is 2. The van der Waals surface area contributed by atoms with Crippen molar-refractivity contribution in [1.29, 1.82) is 0 Å². The second kappa shape index (κ2) is 9.65. The highest BCUT2D eigenvalue weighted by Crippen LogP contribution is 2.38. The molecular weight excluding hydrogens is 544 g/mol. The van der Waals surface area contributed by atoms with Gasteiger partial charge in [-0.2, -0.15) is 0 Å². The van der Waals surface area contributed by atoms with E-state index in [-0.39, 0.29) is 24.7 Å². The molecule has 0 saturated carbocycles. The molecule has 0 aliphatic rings. The van der Waals surface area contributed by atoms with E-state index in [0.717, 1.165) is 41.6 Å². The van der Waals surface area contributed by atoms with Gasteiger partial charge in [0, 0.05) is 23.0 Å². The fourth-order valence-corrected chi connectivity index (χ4v) is 5.71. The summed E-state index contributed by atoms with van der Waals surface area (Å²) in [4.78, 5) is 26.8. The maximum Gasteiger partial charge on any atom is 0.236 e. The number of hydrogen-bond donors (Lipinski definition) is 2. The van der Waals surface area contributed by atoms with Crippen LogP contribution in [0.5, 0.6) is 0 Å². The summed E-state index contributed by atoms with van der Waals surface area (Å²) in [7, 11) is 3.15. The third kappa shape index (κ3) is 4.30. The third-order valence-electron chi connectivity index (χ3n) is 6.19. The molecule has 2 N–H and O–H groups in total. The molecule has 0 fully saturated rings. The Morgan fingerprint density at radius 3 is 1.45 bits per heavy atom. The average Bonchev–Trinajstić information content (AvgIpc) is 2.86. The Morgan fingerprint density at radius 1 is 0.667 bits per heavy atom. The van der Waals surface area contributed by atoms with E-state index in [1.165, 1.54) is 0 Å². The van der Waals surface area contributed by atoms with Crippen LogP contribution < -0.4 is 10.6 Å². The van der Waals surface area contributed by atoms with Gasteiger partial charge in [0.25, 0.3) is 0 Å². The molecular formula is C27H24Br2N2O2. The van der Waals surface area contributed by atoms with Gasteiger partial charge in [0.05, 0.1) is 0 Å². The SMILES string of the molecule is CNC(=O)C(Cc1ccc2ccccc2c1Br)(Cc1ccc2ccccc2c1Br)C(=O)NC. The smallest absolute Gasteiger partial charge is 0.236 e. The molecule has 0 saturated heterocycles. The zero-order valence-electron chi connectivity index (χ0n) is 18.4. The normalized spacial score (nSPS) is 11.5. The molecule has 0 atom stereocenters. The molecule has 0 radical (unpaired) electrons. The molecule has 4 rings (SSSR count). The Hall–Kier alpha value is -2.70. The van der Waals surface area contributed by atoms with Gasteiger partial charge >= 0.3 is 0 Å². The zero-order valence-corrected chi connectivity index (χ0v) is 21.6. The Balaban J connectivity index is 1.86. The molecule has 0 bridgehead atoms. The lowest BCUT2D eigenvalue weighted by Gasteiger charge is -2.31. The molecule has 4 nitrogen and oxygen atoms in total. The minimum absolute atomic E-state index is 0.247. The van der Waals surface area contributed by atoms with E-state index in [4.69, 9.17) is 0 Å². The van der Waals surface area contributed by atoms with Gasteiger partial charge in [-0.25, -0.2) is 0 Å². The van der Waals surface area contributed by atoms with Crippen molar-refractivity contribution in [2.24, 2.45) is 5.41 Å². The van der Waals surface area contributed by atoms with Crippen LogP contribution in [0, 0.1) is 5.41 Å². The van der Waals surface area contributed by atoms with Crippen LogP contribution >= 0.6 is 31.9 Å². The van der Waals surface area contributed by atoms with Crippen LogP contribution in [0.1, 0.15) is 11.1 Å². The van der Waals surface area contributed by atoms with Crippen LogP contribution in [0.4, 0.5) is 0 Å². The number of carbonyl (C=O) groups excluding carboxylic acids is 2. The van der Waals surface area contributed by atoms with E-state index in [9.17, 15) is 9.59 Å². The predicted octanol–water partition coefficient (Wildman–Crippen LogP) is 5.78. The number of amides is 2. The second-order valence-electron chi connectivity index (χ2n) is 8.11. The molecule has 0 unspecified atom stereocenters. The van der Waals surface area contributed by atoms with Crippen LogP contribution in [-0.4, -0.2) is 25.9 Å². The zero-order chi connectivity index (χ0) is 23.6. The first kappa shape index (κ1) is 23.5. The number of fused-ring (bicyclic) bond motifs is 2. The van der Waals surface area contributed by atoms with Crippen molar-refractivity contribution in [2.45, 2.75) is 12.8 Å². The highest BCUT2D eigenvalue weighted by atomic mass is 79.9. The lowest BCUT2D eigenvalue weighted by atomic mass is 9.74. The Kier molecular flexibility index (Phi) is 6.86.